The minimum absolute atomic E-state index is 0.271. The fourth-order valence-corrected chi connectivity index (χ4v) is 4.78. The van der Waals surface area contributed by atoms with E-state index in [2.05, 4.69) is 103 Å². The van der Waals surface area contributed by atoms with Crippen molar-refractivity contribution in [3.63, 3.8) is 0 Å². The molecule has 0 saturated carbocycles. The molecule has 0 radical (unpaired) electrons. The maximum absolute atomic E-state index is 6.38. The molecule has 5 heteroatoms. The van der Waals surface area contributed by atoms with Crippen molar-refractivity contribution in [1.82, 2.24) is 0 Å². The van der Waals surface area contributed by atoms with E-state index in [0.717, 1.165) is 39.1 Å². The second-order valence-corrected chi connectivity index (χ2v) is 20.9. The molecule has 1 aromatic carbocycles. The van der Waals surface area contributed by atoms with Crippen LogP contribution in [0.25, 0.3) is 0 Å². The van der Waals surface area contributed by atoms with Crippen LogP contribution in [0, 0.1) is 0 Å². The number of para-hydroxylation sites is 1. The molecule has 168 valence electrons. The predicted octanol–water partition coefficient (Wildman–Crippen LogP) is 7.32. The summed E-state index contributed by atoms with van der Waals surface area (Å²) in [5.74, 6) is 0. The van der Waals surface area contributed by atoms with E-state index in [1.807, 2.05) is 0 Å². The van der Waals surface area contributed by atoms with Gasteiger partial charge in [0.25, 0.3) is 0 Å². The molecule has 1 rings (SSSR count). The maximum Gasteiger partial charge on any atom is 0.191 e. The fraction of sp³-hybridized carbons (Fsp3) is 0.750. The molecule has 1 aromatic rings. The zero-order valence-electron chi connectivity index (χ0n) is 20.9. The van der Waals surface area contributed by atoms with E-state index in [-0.39, 0.29) is 10.1 Å². The van der Waals surface area contributed by atoms with E-state index >= 15 is 0 Å². The van der Waals surface area contributed by atoms with Gasteiger partial charge in [0.15, 0.2) is 16.6 Å². The first-order valence-corrected chi connectivity index (χ1v) is 17.1. The van der Waals surface area contributed by atoms with Gasteiger partial charge in [0.2, 0.25) is 0 Å². The molecule has 0 amide bonds. The molecule has 0 heterocycles. The van der Waals surface area contributed by atoms with Crippen LogP contribution in [0.5, 0.6) is 0 Å². The van der Waals surface area contributed by atoms with E-state index in [0.29, 0.717) is 0 Å². The quantitative estimate of drug-likeness (QED) is 0.267. The predicted molar refractivity (Wildman–Crippen MR) is 134 cm³/mol. The minimum atomic E-state index is -1.66. The van der Waals surface area contributed by atoms with Crippen molar-refractivity contribution < 1.29 is 8.85 Å². The second-order valence-electron chi connectivity index (χ2n) is 11.2. The summed E-state index contributed by atoms with van der Waals surface area (Å²) < 4.78 is 12.8. The smallest absolute Gasteiger partial charge is 0.191 e. The number of anilines is 1. The number of rotatable bonds is 11. The van der Waals surface area contributed by atoms with Crippen LogP contribution in [0.2, 0.25) is 36.3 Å². The summed E-state index contributed by atoms with van der Waals surface area (Å²) in [5, 5.41) is 0.542. The van der Waals surface area contributed by atoms with Gasteiger partial charge in [-0.3, -0.25) is 0 Å². The van der Waals surface area contributed by atoms with Crippen molar-refractivity contribution in [3.05, 3.63) is 30.3 Å². The highest BCUT2D eigenvalue weighted by atomic mass is 28.4. The Hall–Kier alpha value is -0.626. The lowest BCUT2D eigenvalue weighted by atomic mass is 10.2. The monoisotopic (exact) mass is 437 g/mol. The summed E-state index contributed by atoms with van der Waals surface area (Å²) in [7, 11) is -3.32. The molecule has 0 aliphatic carbocycles. The Morgan fingerprint density at radius 2 is 1.07 bits per heavy atom. The lowest BCUT2D eigenvalue weighted by Crippen LogP contribution is -2.42. The third-order valence-electron chi connectivity index (χ3n) is 6.80. The first kappa shape index (κ1) is 26.4. The molecular weight excluding hydrogens is 390 g/mol. The molecule has 0 aliphatic heterocycles. The lowest BCUT2D eigenvalue weighted by molar-refractivity contribution is 0.277. The Bertz CT molecular complexity index is 555. The van der Waals surface area contributed by atoms with Crippen LogP contribution in [-0.2, 0) is 8.85 Å². The van der Waals surface area contributed by atoms with Gasteiger partial charge in [-0.15, -0.1) is 0 Å². The zero-order chi connectivity index (χ0) is 22.3. The summed E-state index contributed by atoms with van der Waals surface area (Å²) in [6.07, 6.45) is 2.12. The second kappa shape index (κ2) is 10.6. The molecule has 0 atom stereocenters. The van der Waals surface area contributed by atoms with E-state index in [4.69, 9.17) is 8.85 Å². The standard InChI is InChI=1S/C24H47NO2Si2/c1-23(2,3)28(7,8)26-20-14-18-25(22-16-12-11-13-17-22)19-15-21-27-29(9,10)24(4,5)6/h11-13,16-17H,14-15,18-21H2,1-10H3. The van der Waals surface area contributed by atoms with Gasteiger partial charge >= 0.3 is 0 Å². The van der Waals surface area contributed by atoms with E-state index in [1.165, 1.54) is 5.69 Å². The van der Waals surface area contributed by atoms with Gasteiger partial charge in [0.1, 0.15) is 0 Å². The zero-order valence-corrected chi connectivity index (χ0v) is 22.9. The third kappa shape index (κ3) is 8.56. The molecule has 0 aliphatic rings. The Morgan fingerprint density at radius 1 is 0.690 bits per heavy atom. The maximum atomic E-state index is 6.38. The molecule has 0 N–H and O–H groups in total. The van der Waals surface area contributed by atoms with Crippen molar-refractivity contribution in [2.24, 2.45) is 0 Å². The first-order valence-electron chi connectivity index (χ1n) is 11.3. The van der Waals surface area contributed by atoms with Crippen molar-refractivity contribution in [2.45, 2.75) is 90.6 Å². The van der Waals surface area contributed by atoms with Gasteiger partial charge in [0.05, 0.1) is 0 Å². The highest BCUT2D eigenvalue weighted by Gasteiger charge is 2.37. The summed E-state index contributed by atoms with van der Waals surface area (Å²) in [4.78, 5) is 2.49. The Balaban J connectivity index is 2.57. The SMILES string of the molecule is CC(C)(C)[Si](C)(C)OCCCN(CCCO[Si](C)(C)C(C)(C)C)c1ccccc1. The topological polar surface area (TPSA) is 21.7 Å². The van der Waals surface area contributed by atoms with Crippen LogP contribution in [-0.4, -0.2) is 42.9 Å². The molecule has 0 fully saturated rings. The largest absolute Gasteiger partial charge is 0.417 e. The van der Waals surface area contributed by atoms with Crippen LogP contribution in [0.4, 0.5) is 5.69 Å². The molecule has 0 spiro atoms. The number of benzene rings is 1. The average Bonchev–Trinajstić information content (AvgIpc) is 2.59. The van der Waals surface area contributed by atoms with E-state index in [9.17, 15) is 0 Å². The highest BCUT2D eigenvalue weighted by Crippen LogP contribution is 2.37. The van der Waals surface area contributed by atoms with Crippen molar-refractivity contribution in [3.8, 4) is 0 Å². The Kier molecular flexibility index (Phi) is 9.66. The molecule has 0 bridgehead atoms. The van der Waals surface area contributed by atoms with Gasteiger partial charge in [-0.05, 0) is 61.2 Å². The molecule has 0 saturated heterocycles. The molecular formula is C24H47NO2Si2. The van der Waals surface area contributed by atoms with Crippen LogP contribution in [0.3, 0.4) is 0 Å². The normalized spacial score (nSPS) is 13.6. The summed E-state index contributed by atoms with van der Waals surface area (Å²) >= 11 is 0. The van der Waals surface area contributed by atoms with Crippen molar-refractivity contribution in [1.29, 1.82) is 0 Å². The molecule has 0 unspecified atom stereocenters. The summed E-state index contributed by atoms with van der Waals surface area (Å²) in [5.41, 5.74) is 1.30. The minimum Gasteiger partial charge on any atom is -0.417 e. The molecule has 29 heavy (non-hydrogen) atoms. The van der Waals surface area contributed by atoms with Gasteiger partial charge in [-0.25, -0.2) is 0 Å². The number of hydrogen-bond acceptors (Lipinski definition) is 3. The van der Waals surface area contributed by atoms with Crippen LogP contribution >= 0.6 is 0 Å². The Morgan fingerprint density at radius 3 is 1.41 bits per heavy atom. The van der Waals surface area contributed by atoms with Gasteiger partial charge in [0, 0.05) is 32.0 Å². The number of hydrogen-bond donors (Lipinski definition) is 0. The summed E-state index contributed by atoms with van der Waals surface area (Å²) in [6, 6.07) is 10.8. The highest BCUT2D eigenvalue weighted by molar-refractivity contribution is 6.74. The average molecular weight is 438 g/mol. The van der Waals surface area contributed by atoms with E-state index < -0.39 is 16.6 Å². The van der Waals surface area contributed by atoms with Gasteiger partial charge in [-0.1, -0.05) is 59.7 Å². The molecule has 0 aromatic heterocycles. The lowest BCUT2D eigenvalue weighted by Gasteiger charge is -2.37. The van der Waals surface area contributed by atoms with E-state index in [1.54, 1.807) is 0 Å². The van der Waals surface area contributed by atoms with Crippen molar-refractivity contribution in [2.75, 3.05) is 31.2 Å². The van der Waals surface area contributed by atoms with Crippen LogP contribution in [0.1, 0.15) is 54.4 Å². The molecule has 3 nitrogen and oxygen atoms in total. The Labute approximate surface area is 183 Å². The van der Waals surface area contributed by atoms with Crippen LogP contribution in [0.15, 0.2) is 30.3 Å². The third-order valence-corrected chi connectivity index (χ3v) is 15.9. The summed E-state index contributed by atoms with van der Waals surface area (Å²) in [6.45, 7) is 26.9. The van der Waals surface area contributed by atoms with Crippen molar-refractivity contribution >= 4 is 22.3 Å². The van der Waals surface area contributed by atoms with Gasteiger partial charge < -0.3 is 13.8 Å². The fourth-order valence-electron chi connectivity index (χ4n) is 2.61. The van der Waals surface area contributed by atoms with Gasteiger partial charge in [-0.2, -0.15) is 0 Å². The van der Waals surface area contributed by atoms with Crippen LogP contribution < -0.4 is 4.90 Å². The number of nitrogens with zero attached hydrogens (tertiary/aromatic N) is 1. The first-order chi connectivity index (χ1) is 13.2.